The first-order valence-electron chi connectivity index (χ1n) is 5.99. The van der Waals surface area contributed by atoms with Gasteiger partial charge >= 0.3 is 5.97 Å². The fraction of sp³-hybridized carbons (Fsp3) is 0.917. The molecule has 2 N–H and O–H groups in total. The Morgan fingerprint density at radius 2 is 1.80 bits per heavy atom. The second-order valence-corrected chi connectivity index (χ2v) is 5.90. The quantitative estimate of drug-likeness (QED) is 0.726. The topological polar surface area (TPSA) is 57.5 Å². The number of carboxylic acids is 1. The fourth-order valence-corrected chi connectivity index (χ4v) is 4.69. The van der Waals surface area contributed by atoms with E-state index in [4.69, 9.17) is 0 Å². The predicted molar refractivity (Wildman–Crippen MR) is 54.2 cm³/mol. The maximum atomic E-state index is 11.4. The zero-order valence-corrected chi connectivity index (χ0v) is 8.85. The fourth-order valence-electron chi connectivity index (χ4n) is 4.69. The van der Waals surface area contributed by atoms with Gasteiger partial charge in [-0.25, -0.2) is 0 Å². The average Bonchev–Trinajstić information content (AvgIpc) is 2.16. The molecule has 0 saturated heterocycles. The van der Waals surface area contributed by atoms with Gasteiger partial charge in [0.05, 0.1) is 5.41 Å². The highest BCUT2D eigenvalue weighted by atomic mass is 16.4. The second kappa shape index (κ2) is 2.97. The normalized spacial score (nSPS) is 52.1. The van der Waals surface area contributed by atoms with Crippen molar-refractivity contribution >= 4 is 5.97 Å². The molecule has 2 atom stereocenters. The number of hydrogen-bond donors (Lipinski definition) is 2. The van der Waals surface area contributed by atoms with Crippen molar-refractivity contribution in [1.82, 2.24) is 0 Å². The maximum Gasteiger partial charge on any atom is 0.309 e. The van der Waals surface area contributed by atoms with Crippen molar-refractivity contribution in [1.29, 1.82) is 0 Å². The number of hydrogen-bond acceptors (Lipinski definition) is 2. The van der Waals surface area contributed by atoms with Crippen LogP contribution in [0.3, 0.4) is 0 Å². The van der Waals surface area contributed by atoms with Crippen LogP contribution in [-0.4, -0.2) is 22.8 Å². The number of aliphatic carboxylic acids is 1. The SMILES string of the molecule is O=C(O)C12CC3CC(C1)C(CO)C(C3)C2. The van der Waals surface area contributed by atoms with Crippen LogP contribution in [0.4, 0.5) is 0 Å². The summed E-state index contributed by atoms with van der Waals surface area (Å²) in [6, 6.07) is 0. The third kappa shape index (κ3) is 1.19. The lowest BCUT2D eigenvalue weighted by atomic mass is 9.46. The first-order valence-corrected chi connectivity index (χ1v) is 5.99. The van der Waals surface area contributed by atoms with Gasteiger partial charge in [-0.1, -0.05) is 0 Å². The van der Waals surface area contributed by atoms with E-state index in [0.717, 1.165) is 32.1 Å². The highest BCUT2D eigenvalue weighted by Crippen LogP contribution is 2.62. The number of carbonyl (C=O) groups is 1. The molecule has 4 rings (SSSR count). The first-order chi connectivity index (χ1) is 7.14. The van der Waals surface area contributed by atoms with Gasteiger partial charge in [0.2, 0.25) is 0 Å². The van der Waals surface area contributed by atoms with E-state index in [9.17, 15) is 15.0 Å². The molecule has 0 spiro atoms. The van der Waals surface area contributed by atoms with Crippen LogP contribution in [0.1, 0.15) is 32.1 Å². The number of aliphatic hydroxyl groups excluding tert-OH is 1. The van der Waals surface area contributed by atoms with E-state index < -0.39 is 11.4 Å². The molecular weight excluding hydrogens is 192 g/mol. The summed E-state index contributed by atoms with van der Waals surface area (Å²) >= 11 is 0. The molecular formula is C12H18O3. The number of rotatable bonds is 2. The minimum Gasteiger partial charge on any atom is -0.481 e. The van der Waals surface area contributed by atoms with Gasteiger partial charge in [0.15, 0.2) is 0 Å². The Balaban J connectivity index is 1.92. The van der Waals surface area contributed by atoms with Crippen molar-refractivity contribution in [2.75, 3.05) is 6.61 Å². The lowest BCUT2D eigenvalue weighted by Crippen LogP contribution is -2.54. The molecule has 0 aromatic carbocycles. The Hall–Kier alpha value is -0.570. The van der Waals surface area contributed by atoms with Crippen molar-refractivity contribution in [3.05, 3.63) is 0 Å². The van der Waals surface area contributed by atoms with Crippen LogP contribution >= 0.6 is 0 Å². The van der Waals surface area contributed by atoms with E-state index in [-0.39, 0.29) is 6.61 Å². The monoisotopic (exact) mass is 210 g/mol. The zero-order chi connectivity index (χ0) is 10.6. The van der Waals surface area contributed by atoms with E-state index in [1.165, 1.54) is 0 Å². The molecule has 3 nitrogen and oxygen atoms in total. The van der Waals surface area contributed by atoms with Crippen molar-refractivity contribution < 1.29 is 15.0 Å². The summed E-state index contributed by atoms with van der Waals surface area (Å²) in [4.78, 5) is 11.4. The summed E-state index contributed by atoms with van der Waals surface area (Å²) in [6.07, 6.45) is 4.86. The van der Waals surface area contributed by atoms with Crippen LogP contribution < -0.4 is 0 Å². The molecule has 0 amide bonds. The molecule has 4 saturated carbocycles. The Morgan fingerprint density at radius 1 is 1.20 bits per heavy atom. The minimum absolute atomic E-state index is 0.262. The first kappa shape index (κ1) is 9.64. The van der Waals surface area contributed by atoms with Gasteiger partial charge in [-0.2, -0.15) is 0 Å². The largest absolute Gasteiger partial charge is 0.481 e. The van der Waals surface area contributed by atoms with Crippen LogP contribution in [0.25, 0.3) is 0 Å². The Bertz CT molecular complexity index is 283. The molecule has 4 bridgehead atoms. The summed E-state index contributed by atoms with van der Waals surface area (Å²) in [5.41, 5.74) is -0.415. The second-order valence-electron chi connectivity index (χ2n) is 5.90. The van der Waals surface area contributed by atoms with E-state index in [2.05, 4.69) is 0 Å². The highest BCUT2D eigenvalue weighted by molar-refractivity contribution is 5.75. The van der Waals surface area contributed by atoms with Gasteiger partial charge in [-0.3, -0.25) is 4.79 Å². The van der Waals surface area contributed by atoms with Gasteiger partial charge in [0, 0.05) is 6.61 Å². The Kier molecular flexibility index (Phi) is 1.91. The molecule has 84 valence electrons. The zero-order valence-electron chi connectivity index (χ0n) is 8.85. The van der Waals surface area contributed by atoms with Gasteiger partial charge < -0.3 is 10.2 Å². The molecule has 3 heteroatoms. The summed E-state index contributed by atoms with van der Waals surface area (Å²) in [5.74, 6) is 1.41. The molecule has 4 aliphatic rings. The Morgan fingerprint density at radius 3 is 2.27 bits per heavy atom. The van der Waals surface area contributed by atoms with Crippen LogP contribution in [0.5, 0.6) is 0 Å². The lowest BCUT2D eigenvalue weighted by molar-refractivity contribution is -0.172. The van der Waals surface area contributed by atoms with Gasteiger partial charge in [0.25, 0.3) is 0 Å². The number of carboxylic acid groups (broad SMARTS) is 1. The molecule has 4 fully saturated rings. The van der Waals surface area contributed by atoms with Crippen molar-refractivity contribution in [2.45, 2.75) is 32.1 Å². The highest BCUT2D eigenvalue weighted by Gasteiger charge is 2.58. The minimum atomic E-state index is -0.585. The van der Waals surface area contributed by atoms with Crippen molar-refractivity contribution in [2.24, 2.45) is 29.1 Å². The summed E-state index contributed by atoms with van der Waals surface area (Å²) in [6.45, 7) is 0.262. The van der Waals surface area contributed by atoms with Gasteiger partial charge in [-0.05, 0) is 55.8 Å². The molecule has 0 radical (unpaired) electrons. The molecule has 15 heavy (non-hydrogen) atoms. The van der Waals surface area contributed by atoms with Crippen molar-refractivity contribution in [3.8, 4) is 0 Å². The van der Waals surface area contributed by atoms with Gasteiger partial charge in [-0.15, -0.1) is 0 Å². The third-order valence-corrected chi connectivity index (χ3v) is 5.13. The van der Waals surface area contributed by atoms with Crippen molar-refractivity contribution in [3.63, 3.8) is 0 Å². The molecule has 0 aromatic heterocycles. The standard InChI is InChI=1S/C12H18O3/c13-6-10-8-1-7-2-9(10)5-12(3-7,4-8)11(14)15/h7-10,13H,1-6H2,(H,14,15). The van der Waals surface area contributed by atoms with Gasteiger partial charge in [0.1, 0.15) is 0 Å². The third-order valence-electron chi connectivity index (χ3n) is 5.13. The summed E-state index contributed by atoms with van der Waals surface area (Å²) in [7, 11) is 0. The van der Waals surface area contributed by atoms with E-state index in [1.807, 2.05) is 0 Å². The van der Waals surface area contributed by atoms with Crippen LogP contribution in [0.15, 0.2) is 0 Å². The van der Waals surface area contributed by atoms with E-state index in [1.54, 1.807) is 0 Å². The van der Waals surface area contributed by atoms with Crippen LogP contribution in [0, 0.1) is 29.1 Å². The van der Waals surface area contributed by atoms with E-state index >= 15 is 0 Å². The number of aliphatic hydroxyl groups is 1. The van der Waals surface area contributed by atoms with E-state index in [0.29, 0.717) is 23.7 Å². The Labute approximate surface area is 89.5 Å². The molecule has 4 aliphatic carbocycles. The summed E-state index contributed by atoms with van der Waals surface area (Å²) < 4.78 is 0. The molecule has 0 aromatic rings. The molecule has 0 heterocycles. The molecule has 2 unspecified atom stereocenters. The smallest absolute Gasteiger partial charge is 0.309 e. The molecule has 0 aliphatic heterocycles. The van der Waals surface area contributed by atoms with Crippen LogP contribution in [0.2, 0.25) is 0 Å². The van der Waals surface area contributed by atoms with Crippen LogP contribution in [-0.2, 0) is 4.79 Å². The predicted octanol–water partition coefficient (Wildman–Crippen LogP) is 1.51. The lowest BCUT2D eigenvalue weighted by Gasteiger charge is -2.58. The summed E-state index contributed by atoms with van der Waals surface area (Å²) in [5, 5.41) is 18.7. The maximum absolute atomic E-state index is 11.4. The average molecular weight is 210 g/mol.